The highest BCUT2D eigenvalue weighted by atomic mass is 16.5. The number of aromatic nitrogens is 1. The molecule has 0 atom stereocenters. The maximum atomic E-state index is 11.8. The summed E-state index contributed by atoms with van der Waals surface area (Å²) in [5.41, 5.74) is 1.48. The van der Waals surface area contributed by atoms with Crippen molar-refractivity contribution in [3.63, 3.8) is 0 Å². The molecule has 3 rings (SSSR count). The number of hydrogen-bond donors (Lipinski definition) is 0. The van der Waals surface area contributed by atoms with Crippen LogP contribution in [0.3, 0.4) is 0 Å². The predicted molar refractivity (Wildman–Crippen MR) is 82.9 cm³/mol. The molecule has 1 heterocycles. The number of ether oxygens (including phenoxy) is 1. The van der Waals surface area contributed by atoms with E-state index in [0.29, 0.717) is 23.5 Å². The van der Waals surface area contributed by atoms with Crippen LogP contribution in [0, 0.1) is 0 Å². The van der Waals surface area contributed by atoms with Gasteiger partial charge in [0, 0.05) is 23.6 Å². The Morgan fingerprint density at radius 1 is 1.10 bits per heavy atom. The third-order valence-corrected chi connectivity index (χ3v) is 3.30. The average Bonchev–Trinajstić information content (AvgIpc) is 2.55. The van der Waals surface area contributed by atoms with E-state index in [1.54, 1.807) is 18.3 Å². The zero-order valence-electron chi connectivity index (χ0n) is 11.7. The minimum atomic E-state index is 0.108. The van der Waals surface area contributed by atoms with Crippen LogP contribution in [0.4, 0.5) is 0 Å². The number of Topliss-reactive ketones (excluding diaryl/α,β-unsaturated/α-hetero) is 1. The van der Waals surface area contributed by atoms with Gasteiger partial charge in [-0.3, -0.25) is 9.78 Å². The summed E-state index contributed by atoms with van der Waals surface area (Å²) in [6, 6.07) is 16.9. The molecule has 2 aromatic carbocycles. The number of pyridine rings is 1. The van der Waals surface area contributed by atoms with Gasteiger partial charge in [0.1, 0.15) is 11.3 Å². The smallest absolute Gasteiger partial charge is 0.162 e. The van der Waals surface area contributed by atoms with E-state index in [1.807, 2.05) is 49.4 Å². The molecule has 0 aliphatic rings. The van der Waals surface area contributed by atoms with Gasteiger partial charge in [-0.15, -0.1) is 0 Å². The Morgan fingerprint density at radius 2 is 1.90 bits per heavy atom. The van der Waals surface area contributed by atoms with E-state index in [4.69, 9.17) is 4.74 Å². The quantitative estimate of drug-likeness (QED) is 0.653. The molecule has 3 heteroatoms. The van der Waals surface area contributed by atoms with Gasteiger partial charge in [0.25, 0.3) is 0 Å². The summed E-state index contributed by atoms with van der Waals surface area (Å²) in [5.74, 6) is 1.44. The van der Waals surface area contributed by atoms with Crippen LogP contribution in [0.15, 0.2) is 60.8 Å². The first kappa shape index (κ1) is 13.3. The van der Waals surface area contributed by atoms with E-state index in [2.05, 4.69) is 4.98 Å². The maximum absolute atomic E-state index is 11.8. The molecule has 0 saturated heterocycles. The standard InChI is InChI=1S/C18H15NO2/c1-2-16(20)14-7-3-9-15(12-14)21-17-10-4-6-13-8-5-11-19-18(13)17/h3-12H,2H2,1H3. The van der Waals surface area contributed by atoms with Gasteiger partial charge in [-0.25, -0.2) is 0 Å². The highest BCUT2D eigenvalue weighted by molar-refractivity contribution is 5.96. The molecule has 21 heavy (non-hydrogen) atoms. The lowest BCUT2D eigenvalue weighted by Crippen LogP contribution is -1.96. The fraction of sp³-hybridized carbons (Fsp3) is 0.111. The number of hydrogen-bond acceptors (Lipinski definition) is 3. The van der Waals surface area contributed by atoms with Crippen molar-refractivity contribution in [2.45, 2.75) is 13.3 Å². The Labute approximate surface area is 123 Å². The average molecular weight is 277 g/mol. The number of nitrogens with zero attached hydrogens (tertiary/aromatic N) is 1. The monoisotopic (exact) mass is 277 g/mol. The van der Waals surface area contributed by atoms with Crippen molar-refractivity contribution in [3.8, 4) is 11.5 Å². The molecule has 0 spiro atoms. The first-order valence-corrected chi connectivity index (χ1v) is 6.93. The van der Waals surface area contributed by atoms with Crippen molar-refractivity contribution in [2.24, 2.45) is 0 Å². The van der Waals surface area contributed by atoms with Crippen LogP contribution in [-0.4, -0.2) is 10.8 Å². The lowest BCUT2D eigenvalue weighted by molar-refractivity contribution is 0.0988. The molecule has 0 N–H and O–H groups in total. The van der Waals surface area contributed by atoms with Crippen molar-refractivity contribution in [3.05, 3.63) is 66.4 Å². The van der Waals surface area contributed by atoms with Gasteiger partial charge in [0.05, 0.1) is 0 Å². The number of carbonyl (C=O) groups is 1. The lowest BCUT2D eigenvalue weighted by atomic mass is 10.1. The van der Waals surface area contributed by atoms with E-state index in [-0.39, 0.29) is 5.78 Å². The largest absolute Gasteiger partial charge is 0.455 e. The first-order chi connectivity index (χ1) is 10.3. The maximum Gasteiger partial charge on any atom is 0.162 e. The van der Waals surface area contributed by atoms with Crippen LogP contribution < -0.4 is 4.74 Å². The van der Waals surface area contributed by atoms with Crippen LogP contribution in [0.1, 0.15) is 23.7 Å². The minimum absolute atomic E-state index is 0.108. The summed E-state index contributed by atoms with van der Waals surface area (Å²) in [7, 11) is 0. The Balaban J connectivity index is 1.97. The lowest BCUT2D eigenvalue weighted by Gasteiger charge is -2.09. The van der Waals surface area contributed by atoms with Crippen LogP contribution in [-0.2, 0) is 0 Å². The van der Waals surface area contributed by atoms with Gasteiger partial charge >= 0.3 is 0 Å². The Hall–Kier alpha value is -2.68. The summed E-state index contributed by atoms with van der Waals surface area (Å²) in [6.07, 6.45) is 2.23. The topological polar surface area (TPSA) is 39.2 Å². The van der Waals surface area contributed by atoms with Gasteiger partial charge in [0.2, 0.25) is 0 Å². The number of carbonyl (C=O) groups excluding carboxylic acids is 1. The summed E-state index contributed by atoms with van der Waals surface area (Å²) < 4.78 is 5.91. The number of para-hydroxylation sites is 1. The second-order valence-corrected chi connectivity index (χ2v) is 4.74. The molecule has 0 fully saturated rings. The molecule has 1 aromatic heterocycles. The Kier molecular flexibility index (Phi) is 3.65. The molecule has 3 aromatic rings. The number of fused-ring (bicyclic) bond motifs is 1. The Bertz CT molecular complexity index is 791. The third-order valence-electron chi connectivity index (χ3n) is 3.30. The van der Waals surface area contributed by atoms with Crippen molar-refractivity contribution >= 4 is 16.7 Å². The van der Waals surface area contributed by atoms with E-state index in [1.165, 1.54) is 0 Å². The van der Waals surface area contributed by atoms with Crippen molar-refractivity contribution in [1.82, 2.24) is 4.98 Å². The van der Waals surface area contributed by atoms with Gasteiger partial charge in [-0.1, -0.05) is 37.3 Å². The number of benzene rings is 2. The molecule has 0 bridgehead atoms. The molecule has 0 aliphatic carbocycles. The number of rotatable bonds is 4. The molecule has 0 unspecified atom stereocenters. The van der Waals surface area contributed by atoms with E-state index < -0.39 is 0 Å². The summed E-state index contributed by atoms with van der Waals surface area (Å²) in [5, 5.41) is 1.02. The van der Waals surface area contributed by atoms with Crippen molar-refractivity contribution < 1.29 is 9.53 Å². The molecule has 0 radical (unpaired) electrons. The van der Waals surface area contributed by atoms with Gasteiger partial charge in [-0.05, 0) is 24.3 Å². The highest BCUT2D eigenvalue weighted by Gasteiger charge is 2.07. The molecule has 0 saturated carbocycles. The van der Waals surface area contributed by atoms with E-state index in [9.17, 15) is 4.79 Å². The minimum Gasteiger partial charge on any atom is -0.455 e. The van der Waals surface area contributed by atoms with Crippen molar-refractivity contribution in [1.29, 1.82) is 0 Å². The molecule has 0 aliphatic heterocycles. The fourth-order valence-corrected chi connectivity index (χ4v) is 2.22. The predicted octanol–water partition coefficient (Wildman–Crippen LogP) is 4.62. The zero-order valence-corrected chi connectivity index (χ0v) is 11.7. The van der Waals surface area contributed by atoms with E-state index >= 15 is 0 Å². The molecular weight excluding hydrogens is 262 g/mol. The Morgan fingerprint density at radius 3 is 2.76 bits per heavy atom. The fourth-order valence-electron chi connectivity index (χ4n) is 2.22. The molecule has 104 valence electrons. The molecule has 3 nitrogen and oxygen atoms in total. The third kappa shape index (κ3) is 2.77. The summed E-state index contributed by atoms with van der Waals surface area (Å²) in [6.45, 7) is 1.85. The van der Waals surface area contributed by atoms with Crippen LogP contribution in [0.25, 0.3) is 10.9 Å². The second-order valence-electron chi connectivity index (χ2n) is 4.74. The van der Waals surface area contributed by atoms with Crippen molar-refractivity contribution in [2.75, 3.05) is 0 Å². The molecular formula is C18H15NO2. The first-order valence-electron chi connectivity index (χ1n) is 6.93. The van der Waals surface area contributed by atoms with Gasteiger partial charge < -0.3 is 4.74 Å². The van der Waals surface area contributed by atoms with Gasteiger partial charge in [0.15, 0.2) is 11.5 Å². The normalized spacial score (nSPS) is 10.5. The summed E-state index contributed by atoms with van der Waals surface area (Å²) in [4.78, 5) is 16.1. The van der Waals surface area contributed by atoms with Crippen LogP contribution in [0.2, 0.25) is 0 Å². The molecule has 0 amide bonds. The van der Waals surface area contributed by atoms with Gasteiger partial charge in [-0.2, -0.15) is 0 Å². The highest BCUT2D eigenvalue weighted by Crippen LogP contribution is 2.28. The zero-order chi connectivity index (χ0) is 14.7. The SMILES string of the molecule is CCC(=O)c1cccc(Oc2cccc3cccnc23)c1. The second kappa shape index (κ2) is 5.75. The number of ketones is 1. The summed E-state index contributed by atoms with van der Waals surface area (Å²) >= 11 is 0. The van der Waals surface area contributed by atoms with Crippen LogP contribution in [0.5, 0.6) is 11.5 Å². The van der Waals surface area contributed by atoms with Crippen LogP contribution >= 0.6 is 0 Å². The van der Waals surface area contributed by atoms with E-state index in [0.717, 1.165) is 10.9 Å².